The third-order valence-electron chi connectivity index (χ3n) is 5.09. The van der Waals surface area contributed by atoms with E-state index >= 15 is 0 Å². The third kappa shape index (κ3) is 2.72. The quantitative estimate of drug-likeness (QED) is 0.802. The van der Waals surface area contributed by atoms with Crippen molar-refractivity contribution in [1.29, 1.82) is 0 Å². The van der Waals surface area contributed by atoms with Gasteiger partial charge in [-0.1, -0.05) is 0 Å². The van der Waals surface area contributed by atoms with Gasteiger partial charge in [0.05, 0.1) is 21.3 Å². The lowest BCUT2D eigenvalue weighted by Gasteiger charge is -2.29. The maximum atomic E-state index is 6.04. The molecule has 0 aliphatic carbocycles. The summed E-state index contributed by atoms with van der Waals surface area (Å²) in [6.45, 7) is 4.25. The summed E-state index contributed by atoms with van der Waals surface area (Å²) in [5.74, 6) is 4.82. The van der Waals surface area contributed by atoms with Gasteiger partial charge in [0.1, 0.15) is 11.5 Å². The van der Waals surface area contributed by atoms with Gasteiger partial charge in [0.25, 0.3) is 0 Å². The molecule has 0 aromatic heterocycles. The Bertz CT molecular complexity index is 906. The minimum atomic E-state index is -0.0306. The molecule has 27 heavy (non-hydrogen) atoms. The standard InChI is InChI=1S/C21H22O6/c1-11-12(2)27-15-9-17-16(25-10-26-17)8-14(15)20(11)13-6-18(22-3)21(24-5)19(7-13)23-4/h6-9,20H,10H2,1-5H3. The zero-order chi connectivity index (χ0) is 19.1. The molecule has 6 heteroatoms. The molecule has 6 nitrogen and oxygen atoms in total. The van der Waals surface area contributed by atoms with Crippen LogP contribution < -0.4 is 28.4 Å². The number of fused-ring (bicyclic) bond motifs is 2. The van der Waals surface area contributed by atoms with Gasteiger partial charge in [0.2, 0.25) is 12.5 Å². The molecule has 2 aliphatic heterocycles. The fourth-order valence-corrected chi connectivity index (χ4v) is 3.63. The van der Waals surface area contributed by atoms with Crippen molar-refractivity contribution in [3.8, 4) is 34.5 Å². The fraction of sp³-hybridized carbons (Fsp3) is 0.333. The highest BCUT2D eigenvalue weighted by Crippen LogP contribution is 2.50. The Hall–Kier alpha value is -3.02. The van der Waals surface area contributed by atoms with E-state index in [1.807, 2.05) is 31.2 Å². The van der Waals surface area contributed by atoms with Crippen LogP contribution in [-0.4, -0.2) is 28.1 Å². The highest BCUT2D eigenvalue weighted by Gasteiger charge is 2.31. The van der Waals surface area contributed by atoms with Crippen LogP contribution in [0.25, 0.3) is 0 Å². The average Bonchev–Trinajstić information content (AvgIpc) is 3.13. The molecule has 4 rings (SSSR count). The molecule has 0 fully saturated rings. The average molecular weight is 370 g/mol. The minimum absolute atomic E-state index is 0.0306. The first-order valence-corrected chi connectivity index (χ1v) is 8.66. The molecule has 2 heterocycles. The second-order valence-electron chi connectivity index (χ2n) is 6.48. The van der Waals surface area contributed by atoms with E-state index < -0.39 is 0 Å². The second-order valence-corrected chi connectivity index (χ2v) is 6.48. The Kier molecular flexibility index (Phi) is 4.26. The van der Waals surface area contributed by atoms with Crippen molar-refractivity contribution in [1.82, 2.24) is 0 Å². The normalized spacial score (nSPS) is 17.3. The van der Waals surface area contributed by atoms with Gasteiger partial charge in [-0.05, 0) is 43.2 Å². The summed E-state index contributed by atoms with van der Waals surface area (Å²) in [5, 5.41) is 0. The van der Waals surface area contributed by atoms with Crippen molar-refractivity contribution >= 4 is 0 Å². The molecular weight excluding hydrogens is 348 g/mol. The van der Waals surface area contributed by atoms with Crippen molar-refractivity contribution in [2.45, 2.75) is 19.8 Å². The molecule has 0 saturated carbocycles. The molecule has 142 valence electrons. The fourth-order valence-electron chi connectivity index (χ4n) is 3.63. The summed E-state index contributed by atoms with van der Waals surface area (Å²) >= 11 is 0. The Morgan fingerprint density at radius 3 is 2.04 bits per heavy atom. The zero-order valence-electron chi connectivity index (χ0n) is 16.0. The summed E-state index contributed by atoms with van der Waals surface area (Å²) in [7, 11) is 4.83. The van der Waals surface area contributed by atoms with Crippen molar-refractivity contribution in [2.24, 2.45) is 0 Å². The third-order valence-corrected chi connectivity index (χ3v) is 5.09. The number of rotatable bonds is 4. The topological polar surface area (TPSA) is 55.4 Å². The van der Waals surface area contributed by atoms with Gasteiger partial charge in [-0.2, -0.15) is 0 Å². The summed E-state index contributed by atoms with van der Waals surface area (Å²) in [4.78, 5) is 0. The lowest BCUT2D eigenvalue weighted by molar-refractivity contribution is 0.174. The number of benzene rings is 2. The van der Waals surface area contributed by atoms with Gasteiger partial charge in [0, 0.05) is 17.5 Å². The van der Waals surface area contributed by atoms with E-state index in [1.54, 1.807) is 21.3 Å². The van der Waals surface area contributed by atoms with Crippen LogP contribution in [0.2, 0.25) is 0 Å². The first-order valence-electron chi connectivity index (χ1n) is 8.66. The maximum absolute atomic E-state index is 6.04. The smallest absolute Gasteiger partial charge is 0.231 e. The first kappa shape index (κ1) is 17.4. The first-order chi connectivity index (χ1) is 13.1. The Morgan fingerprint density at radius 2 is 1.44 bits per heavy atom. The van der Waals surface area contributed by atoms with Crippen molar-refractivity contribution in [2.75, 3.05) is 28.1 Å². The number of ether oxygens (including phenoxy) is 6. The van der Waals surface area contributed by atoms with E-state index in [-0.39, 0.29) is 12.7 Å². The van der Waals surface area contributed by atoms with Crippen molar-refractivity contribution in [3.05, 3.63) is 46.7 Å². The molecule has 0 amide bonds. The largest absolute Gasteiger partial charge is 0.493 e. The number of hydrogen-bond donors (Lipinski definition) is 0. The molecule has 2 aromatic rings. The van der Waals surface area contributed by atoms with Crippen LogP contribution in [0, 0.1) is 0 Å². The molecule has 2 aliphatic rings. The van der Waals surface area contributed by atoms with E-state index in [4.69, 9.17) is 28.4 Å². The van der Waals surface area contributed by atoms with E-state index in [2.05, 4.69) is 6.92 Å². The van der Waals surface area contributed by atoms with Gasteiger partial charge in [-0.15, -0.1) is 0 Å². The molecule has 2 aromatic carbocycles. The van der Waals surface area contributed by atoms with Crippen LogP contribution >= 0.6 is 0 Å². The summed E-state index contributed by atoms with van der Waals surface area (Å²) in [5.41, 5.74) is 3.14. The molecule has 1 atom stereocenters. The molecule has 0 N–H and O–H groups in total. The van der Waals surface area contributed by atoms with Crippen LogP contribution in [-0.2, 0) is 0 Å². The number of hydrogen-bond acceptors (Lipinski definition) is 6. The zero-order valence-corrected chi connectivity index (χ0v) is 16.0. The van der Waals surface area contributed by atoms with Crippen LogP contribution in [0.1, 0.15) is 30.9 Å². The Labute approximate surface area is 158 Å². The second kappa shape index (κ2) is 6.61. The van der Waals surface area contributed by atoms with Gasteiger partial charge in [-0.25, -0.2) is 0 Å². The molecule has 0 saturated heterocycles. The number of methoxy groups -OCH3 is 3. The van der Waals surface area contributed by atoms with Gasteiger partial charge < -0.3 is 28.4 Å². The van der Waals surface area contributed by atoms with Crippen LogP contribution in [0.4, 0.5) is 0 Å². The summed E-state index contributed by atoms with van der Waals surface area (Å²) < 4.78 is 33.6. The highest BCUT2D eigenvalue weighted by molar-refractivity contribution is 5.62. The molecule has 0 radical (unpaired) electrons. The SMILES string of the molecule is COc1cc(C2C(C)=C(C)Oc3cc4c(cc32)OCO4)cc(OC)c1OC. The lowest BCUT2D eigenvalue weighted by atomic mass is 9.82. The van der Waals surface area contributed by atoms with Gasteiger partial charge in [0.15, 0.2) is 23.0 Å². The van der Waals surface area contributed by atoms with Crippen LogP contribution in [0.15, 0.2) is 35.6 Å². The predicted octanol–water partition coefficient (Wildman–Crippen LogP) is 4.26. The maximum Gasteiger partial charge on any atom is 0.231 e. The van der Waals surface area contributed by atoms with Crippen molar-refractivity contribution in [3.63, 3.8) is 0 Å². The summed E-state index contributed by atoms with van der Waals surface area (Å²) in [6, 6.07) is 7.82. The van der Waals surface area contributed by atoms with E-state index in [0.29, 0.717) is 23.0 Å². The van der Waals surface area contributed by atoms with Gasteiger partial charge >= 0.3 is 0 Å². The van der Waals surface area contributed by atoms with E-state index in [9.17, 15) is 0 Å². The summed E-state index contributed by atoms with van der Waals surface area (Å²) in [6.07, 6.45) is 0. The van der Waals surface area contributed by atoms with Crippen molar-refractivity contribution < 1.29 is 28.4 Å². The Balaban J connectivity index is 1.91. The number of allylic oxidation sites excluding steroid dienone is 2. The lowest BCUT2D eigenvalue weighted by Crippen LogP contribution is -2.14. The molecular formula is C21H22O6. The molecule has 0 bridgehead atoms. The monoisotopic (exact) mass is 370 g/mol. The predicted molar refractivity (Wildman–Crippen MR) is 99.5 cm³/mol. The van der Waals surface area contributed by atoms with Crippen LogP contribution in [0.5, 0.6) is 34.5 Å². The Morgan fingerprint density at radius 1 is 0.815 bits per heavy atom. The minimum Gasteiger partial charge on any atom is -0.493 e. The molecule has 1 unspecified atom stereocenters. The van der Waals surface area contributed by atoms with E-state index in [0.717, 1.165) is 34.0 Å². The van der Waals surface area contributed by atoms with E-state index in [1.165, 1.54) is 0 Å². The van der Waals surface area contributed by atoms with Gasteiger partial charge in [-0.3, -0.25) is 0 Å². The molecule has 0 spiro atoms. The van der Waals surface area contributed by atoms with Crippen LogP contribution in [0.3, 0.4) is 0 Å². The highest BCUT2D eigenvalue weighted by atomic mass is 16.7.